The molecule has 0 spiro atoms. The summed E-state index contributed by atoms with van der Waals surface area (Å²) in [5, 5.41) is 7.00. The molecule has 0 unspecified atom stereocenters. The second-order valence-corrected chi connectivity index (χ2v) is 11.8. The predicted molar refractivity (Wildman–Crippen MR) is 183 cm³/mol. The van der Waals surface area contributed by atoms with E-state index in [9.17, 15) is 9.59 Å². The highest BCUT2D eigenvalue weighted by Gasteiger charge is 2.45. The average Bonchev–Trinajstić information content (AvgIpc) is 3.37. The van der Waals surface area contributed by atoms with Crippen LogP contribution in [0.25, 0.3) is 11.1 Å². The van der Waals surface area contributed by atoms with Gasteiger partial charge in [-0.25, -0.2) is 0 Å². The second kappa shape index (κ2) is 11.7. The van der Waals surface area contributed by atoms with E-state index in [1.54, 1.807) is 48.5 Å². The number of amides is 2. The molecule has 0 saturated heterocycles. The SMILES string of the molecule is O=C(Nc1ccc(C2(c3ccc(NC(=O)c4cccc(Cl)c4)cc3)c3ccccc3-c3ccccc32)cc1)c1cccc(Cl)c1. The van der Waals surface area contributed by atoms with E-state index in [2.05, 4.69) is 83.4 Å². The van der Waals surface area contributed by atoms with Gasteiger partial charge in [-0.1, -0.05) is 108 Å². The van der Waals surface area contributed by atoms with Crippen molar-refractivity contribution in [3.05, 3.63) is 189 Å². The Bertz CT molecular complexity index is 1920. The van der Waals surface area contributed by atoms with Gasteiger partial charge in [-0.3, -0.25) is 9.59 Å². The third kappa shape index (κ3) is 5.18. The number of halogens is 2. The summed E-state index contributed by atoms with van der Waals surface area (Å²) < 4.78 is 0. The molecule has 0 aliphatic heterocycles. The normalized spacial score (nSPS) is 12.6. The lowest BCUT2D eigenvalue weighted by atomic mass is 9.67. The largest absolute Gasteiger partial charge is 0.322 e. The van der Waals surface area contributed by atoms with Crippen LogP contribution in [0.5, 0.6) is 0 Å². The van der Waals surface area contributed by atoms with E-state index in [1.807, 2.05) is 24.3 Å². The number of fused-ring (bicyclic) bond motifs is 3. The minimum atomic E-state index is -0.627. The van der Waals surface area contributed by atoms with Gasteiger partial charge in [-0.2, -0.15) is 0 Å². The van der Waals surface area contributed by atoms with Crippen molar-refractivity contribution in [2.24, 2.45) is 0 Å². The van der Waals surface area contributed by atoms with Crippen LogP contribution >= 0.6 is 23.2 Å². The number of anilines is 2. The fourth-order valence-electron chi connectivity index (χ4n) is 6.30. The summed E-state index contributed by atoms with van der Waals surface area (Å²) in [6.07, 6.45) is 0. The molecule has 6 aromatic rings. The summed E-state index contributed by atoms with van der Waals surface area (Å²) in [7, 11) is 0. The zero-order valence-electron chi connectivity index (χ0n) is 23.9. The van der Waals surface area contributed by atoms with Crippen LogP contribution in [0.1, 0.15) is 43.0 Å². The fourth-order valence-corrected chi connectivity index (χ4v) is 6.68. The Hall–Kier alpha value is -5.16. The monoisotopic (exact) mass is 624 g/mol. The van der Waals surface area contributed by atoms with E-state index < -0.39 is 5.41 Å². The number of hydrogen-bond donors (Lipinski definition) is 2. The Labute approximate surface area is 271 Å². The molecule has 4 nitrogen and oxygen atoms in total. The maximum Gasteiger partial charge on any atom is 0.255 e. The number of benzene rings is 6. The van der Waals surface area contributed by atoms with Gasteiger partial charge in [0, 0.05) is 32.5 Å². The minimum Gasteiger partial charge on any atom is -0.322 e. The number of carbonyl (C=O) groups excluding carboxylic acids is 2. The third-order valence-corrected chi connectivity index (χ3v) is 8.75. The molecule has 6 heteroatoms. The van der Waals surface area contributed by atoms with E-state index in [0.717, 1.165) is 22.3 Å². The Morgan fingerprint density at radius 2 is 0.867 bits per heavy atom. The minimum absolute atomic E-state index is 0.230. The van der Waals surface area contributed by atoms with Crippen molar-refractivity contribution in [1.82, 2.24) is 0 Å². The number of carbonyl (C=O) groups is 2. The lowest BCUT2D eigenvalue weighted by Gasteiger charge is -2.34. The smallest absolute Gasteiger partial charge is 0.255 e. The number of hydrogen-bond acceptors (Lipinski definition) is 2. The number of rotatable bonds is 6. The van der Waals surface area contributed by atoms with E-state index in [-0.39, 0.29) is 11.8 Å². The topological polar surface area (TPSA) is 58.2 Å². The molecule has 0 heterocycles. The van der Waals surface area contributed by atoms with Crippen LogP contribution in [0.2, 0.25) is 10.0 Å². The lowest BCUT2D eigenvalue weighted by molar-refractivity contribution is 0.101. The summed E-state index contributed by atoms with van der Waals surface area (Å²) in [6.45, 7) is 0. The molecule has 0 atom stereocenters. The Balaban J connectivity index is 1.29. The Morgan fingerprint density at radius 1 is 0.467 bits per heavy atom. The van der Waals surface area contributed by atoms with Crippen molar-refractivity contribution in [3.8, 4) is 11.1 Å². The molecule has 2 N–H and O–H groups in total. The summed E-state index contributed by atoms with van der Waals surface area (Å²) >= 11 is 12.2. The molecule has 1 aliphatic rings. The zero-order valence-corrected chi connectivity index (χ0v) is 25.4. The standard InChI is InChI=1S/C39H26Cl2N2O2/c40-29-9-5-7-25(23-29)37(44)42-31-19-15-27(16-20-31)39(35-13-3-1-11-33(35)34-12-2-4-14-36(34)39)28-17-21-32(22-18-28)43-38(45)26-8-6-10-30(41)24-26/h1-24H,(H,42,44)(H,43,45). The first-order valence-electron chi connectivity index (χ1n) is 14.5. The highest BCUT2D eigenvalue weighted by Crippen LogP contribution is 2.56. The van der Waals surface area contributed by atoms with Crippen molar-refractivity contribution in [1.29, 1.82) is 0 Å². The molecule has 0 saturated carbocycles. The van der Waals surface area contributed by atoms with Gasteiger partial charge in [0.1, 0.15) is 0 Å². The van der Waals surface area contributed by atoms with Crippen LogP contribution < -0.4 is 10.6 Å². The fraction of sp³-hybridized carbons (Fsp3) is 0.0256. The van der Waals surface area contributed by atoms with Crippen molar-refractivity contribution < 1.29 is 9.59 Å². The molecule has 218 valence electrons. The van der Waals surface area contributed by atoms with Gasteiger partial charge < -0.3 is 10.6 Å². The van der Waals surface area contributed by atoms with E-state index >= 15 is 0 Å². The maximum atomic E-state index is 12.9. The first-order valence-corrected chi connectivity index (χ1v) is 15.2. The van der Waals surface area contributed by atoms with Crippen LogP contribution in [0, 0.1) is 0 Å². The molecular formula is C39H26Cl2N2O2. The summed E-state index contributed by atoms with van der Waals surface area (Å²) in [5.41, 5.74) is 8.49. The van der Waals surface area contributed by atoms with Gasteiger partial charge >= 0.3 is 0 Å². The Morgan fingerprint density at radius 3 is 1.27 bits per heavy atom. The molecule has 6 aromatic carbocycles. The van der Waals surface area contributed by atoms with Crippen molar-refractivity contribution in [2.75, 3.05) is 10.6 Å². The summed E-state index contributed by atoms with van der Waals surface area (Å²) in [4.78, 5) is 25.9. The maximum absolute atomic E-state index is 12.9. The molecule has 0 radical (unpaired) electrons. The van der Waals surface area contributed by atoms with Crippen LogP contribution in [0.15, 0.2) is 146 Å². The third-order valence-electron chi connectivity index (χ3n) is 8.28. The van der Waals surface area contributed by atoms with Gasteiger partial charge in [0.15, 0.2) is 0 Å². The molecule has 1 aliphatic carbocycles. The van der Waals surface area contributed by atoms with Crippen molar-refractivity contribution in [2.45, 2.75) is 5.41 Å². The van der Waals surface area contributed by atoms with Gasteiger partial charge in [0.05, 0.1) is 5.41 Å². The van der Waals surface area contributed by atoms with E-state index in [4.69, 9.17) is 23.2 Å². The molecule has 0 aromatic heterocycles. The highest BCUT2D eigenvalue weighted by atomic mass is 35.5. The van der Waals surface area contributed by atoms with Gasteiger partial charge in [-0.05, 0) is 94.0 Å². The van der Waals surface area contributed by atoms with E-state index in [1.165, 1.54) is 11.1 Å². The molecule has 7 rings (SSSR count). The number of nitrogens with one attached hydrogen (secondary N) is 2. The molecule has 0 fully saturated rings. The van der Waals surface area contributed by atoms with Crippen LogP contribution in [-0.4, -0.2) is 11.8 Å². The second-order valence-electron chi connectivity index (χ2n) is 10.9. The first-order chi connectivity index (χ1) is 21.9. The lowest BCUT2D eigenvalue weighted by Crippen LogP contribution is -2.28. The van der Waals surface area contributed by atoms with E-state index in [0.29, 0.717) is 32.5 Å². The first kappa shape index (κ1) is 28.6. The molecule has 2 amide bonds. The predicted octanol–water partition coefficient (Wildman–Crippen LogP) is 9.86. The van der Waals surface area contributed by atoms with Gasteiger partial charge in [-0.15, -0.1) is 0 Å². The van der Waals surface area contributed by atoms with Crippen LogP contribution in [0.3, 0.4) is 0 Å². The average molecular weight is 626 g/mol. The van der Waals surface area contributed by atoms with Gasteiger partial charge in [0.25, 0.3) is 11.8 Å². The van der Waals surface area contributed by atoms with Crippen LogP contribution in [-0.2, 0) is 5.41 Å². The summed E-state index contributed by atoms with van der Waals surface area (Å²) in [5.74, 6) is -0.459. The summed E-state index contributed by atoms with van der Waals surface area (Å²) in [6, 6.07) is 46.7. The molecule has 0 bridgehead atoms. The van der Waals surface area contributed by atoms with Crippen molar-refractivity contribution >= 4 is 46.4 Å². The van der Waals surface area contributed by atoms with Gasteiger partial charge in [0.2, 0.25) is 0 Å². The highest BCUT2D eigenvalue weighted by molar-refractivity contribution is 6.31. The quantitative estimate of drug-likeness (QED) is 0.193. The molecule has 45 heavy (non-hydrogen) atoms. The van der Waals surface area contributed by atoms with Crippen molar-refractivity contribution in [3.63, 3.8) is 0 Å². The Kier molecular flexibility index (Phi) is 7.46. The zero-order chi connectivity index (χ0) is 31.0. The molecular weight excluding hydrogens is 599 g/mol. The van der Waals surface area contributed by atoms with Crippen LogP contribution in [0.4, 0.5) is 11.4 Å².